The van der Waals surface area contributed by atoms with E-state index in [0.717, 1.165) is 0 Å². The Kier molecular flexibility index (Phi) is 2.90. The Morgan fingerprint density at radius 3 is 2.39 bits per heavy atom. The number of hydrogen-bond acceptors (Lipinski definition) is 3. The first-order valence-electron chi connectivity index (χ1n) is 6.27. The second-order valence-electron chi connectivity index (χ2n) is 5.28. The van der Waals surface area contributed by atoms with Crippen molar-refractivity contribution in [3.8, 4) is 0 Å². The van der Waals surface area contributed by atoms with Crippen LogP contribution in [-0.2, 0) is 6.18 Å². The second-order valence-corrected chi connectivity index (χ2v) is 6.34. The van der Waals surface area contributed by atoms with E-state index in [-0.39, 0.29) is 6.04 Å². The highest BCUT2D eigenvalue weighted by Crippen LogP contribution is 2.60. The number of aromatic nitrogens is 1. The van der Waals surface area contributed by atoms with Crippen LogP contribution in [0.4, 0.5) is 13.2 Å². The van der Waals surface area contributed by atoms with Crippen molar-refractivity contribution in [3.63, 3.8) is 0 Å². The topological polar surface area (TPSA) is 38.9 Å². The van der Waals surface area contributed by atoms with E-state index in [1.165, 1.54) is 31.9 Å². The van der Waals surface area contributed by atoms with Crippen LogP contribution in [0.1, 0.15) is 41.6 Å². The fraction of sp³-hybridized carbons (Fsp3) is 0.750. The standard InChI is InChI=1S/C12H15F3N2S/c13-12(14,15)11-17-5-8(18-11)10(16)9-6-3-1-2-4-7(6)9/h5-7,9-10H,1-4,16H2. The highest BCUT2D eigenvalue weighted by atomic mass is 32.1. The predicted octanol–water partition coefficient (Wildman–Crippen LogP) is 3.60. The van der Waals surface area contributed by atoms with Gasteiger partial charge in [0.25, 0.3) is 0 Å². The van der Waals surface area contributed by atoms with E-state index in [1.54, 1.807) is 0 Å². The number of alkyl halides is 3. The van der Waals surface area contributed by atoms with Crippen molar-refractivity contribution in [2.75, 3.05) is 0 Å². The molecule has 0 amide bonds. The van der Waals surface area contributed by atoms with Crippen LogP contribution in [0, 0.1) is 17.8 Å². The molecular formula is C12H15F3N2S. The third-order valence-electron chi connectivity index (χ3n) is 4.23. The Hall–Kier alpha value is -0.620. The van der Waals surface area contributed by atoms with Crippen molar-refractivity contribution >= 4 is 11.3 Å². The van der Waals surface area contributed by atoms with Gasteiger partial charge in [0.2, 0.25) is 0 Å². The summed E-state index contributed by atoms with van der Waals surface area (Å²) in [4.78, 5) is 4.03. The first kappa shape index (κ1) is 12.4. The largest absolute Gasteiger partial charge is 0.443 e. The van der Waals surface area contributed by atoms with Gasteiger partial charge in [0.05, 0.1) is 0 Å². The van der Waals surface area contributed by atoms with Crippen molar-refractivity contribution in [2.24, 2.45) is 23.5 Å². The number of nitrogens with zero attached hydrogens (tertiary/aromatic N) is 1. The minimum absolute atomic E-state index is 0.258. The van der Waals surface area contributed by atoms with E-state index in [1.807, 2.05) is 0 Å². The summed E-state index contributed by atoms with van der Waals surface area (Å²) in [6.07, 6.45) is 1.81. The van der Waals surface area contributed by atoms with E-state index < -0.39 is 11.2 Å². The van der Waals surface area contributed by atoms with Gasteiger partial charge in [0, 0.05) is 17.1 Å². The number of thiazole rings is 1. The Bertz CT molecular complexity index is 431. The van der Waals surface area contributed by atoms with Crippen LogP contribution < -0.4 is 5.73 Å². The molecule has 18 heavy (non-hydrogen) atoms. The first-order valence-corrected chi connectivity index (χ1v) is 7.08. The summed E-state index contributed by atoms with van der Waals surface area (Å²) in [6.45, 7) is 0. The quantitative estimate of drug-likeness (QED) is 0.896. The van der Waals surface area contributed by atoms with Crippen molar-refractivity contribution in [3.05, 3.63) is 16.1 Å². The Balaban J connectivity index is 1.73. The molecule has 3 rings (SSSR count). The number of rotatable bonds is 2. The Morgan fingerprint density at radius 2 is 1.89 bits per heavy atom. The second kappa shape index (κ2) is 4.20. The van der Waals surface area contributed by atoms with E-state index in [9.17, 15) is 13.2 Å². The van der Waals surface area contributed by atoms with Gasteiger partial charge in [0.1, 0.15) is 0 Å². The lowest BCUT2D eigenvalue weighted by atomic mass is 10.0. The molecule has 2 fully saturated rings. The molecule has 1 aromatic heterocycles. The van der Waals surface area contributed by atoms with Gasteiger partial charge in [-0.3, -0.25) is 0 Å². The molecule has 3 atom stereocenters. The summed E-state index contributed by atoms with van der Waals surface area (Å²) in [6, 6.07) is -0.258. The van der Waals surface area contributed by atoms with E-state index in [2.05, 4.69) is 4.98 Å². The van der Waals surface area contributed by atoms with Crippen LogP contribution in [0.2, 0.25) is 0 Å². The molecule has 6 heteroatoms. The van der Waals surface area contributed by atoms with Crippen molar-refractivity contribution in [2.45, 2.75) is 37.9 Å². The molecule has 100 valence electrons. The molecule has 0 aromatic carbocycles. The van der Waals surface area contributed by atoms with E-state index in [0.29, 0.717) is 34.0 Å². The molecule has 0 radical (unpaired) electrons. The minimum atomic E-state index is -4.35. The van der Waals surface area contributed by atoms with Crippen LogP contribution in [-0.4, -0.2) is 4.98 Å². The molecule has 2 N–H and O–H groups in total. The highest BCUT2D eigenvalue weighted by molar-refractivity contribution is 7.11. The number of halogens is 3. The molecule has 2 nitrogen and oxygen atoms in total. The van der Waals surface area contributed by atoms with Crippen LogP contribution in [0.5, 0.6) is 0 Å². The van der Waals surface area contributed by atoms with Crippen LogP contribution in [0.15, 0.2) is 6.20 Å². The van der Waals surface area contributed by atoms with Crippen LogP contribution >= 0.6 is 11.3 Å². The number of nitrogens with two attached hydrogens (primary N) is 1. The lowest BCUT2D eigenvalue weighted by Gasteiger charge is -2.08. The summed E-state index contributed by atoms with van der Waals surface area (Å²) in [5, 5.41) is -0.781. The van der Waals surface area contributed by atoms with Gasteiger partial charge in [-0.2, -0.15) is 13.2 Å². The molecule has 3 unspecified atom stereocenters. The maximum absolute atomic E-state index is 12.5. The van der Waals surface area contributed by atoms with Crippen molar-refractivity contribution in [1.29, 1.82) is 0 Å². The monoisotopic (exact) mass is 276 g/mol. The third kappa shape index (κ3) is 2.05. The third-order valence-corrected chi connectivity index (χ3v) is 5.38. The minimum Gasteiger partial charge on any atom is -0.323 e. The zero-order valence-electron chi connectivity index (χ0n) is 9.78. The molecule has 0 spiro atoms. The number of fused-ring (bicyclic) bond motifs is 1. The molecule has 2 saturated carbocycles. The lowest BCUT2D eigenvalue weighted by molar-refractivity contribution is -0.137. The SMILES string of the molecule is NC(c1cnc(C(F)(F)F)s1)C1C2CCCCC21. The van der Waals surface area contributed by atoms with Gasteiger partial charge in [0.15, 0.2) is 5.01 Å². The molecule has 1 heterocycles. The average Bonchev–Trinajstić information content (AvgIpc) is 2.81. The van der Waals surface area contributed by atoms with Crippen molar-refractivity contribution < 1.29 is 13.2 Å². The summed E-state index contributed by atoms with van der Waals surface area (Å²) < 4.78 is 37.5. The molecule has 2 aliphatic carbocycles. The molecule has 0 aliphatic heterocycles. The summed E-state index contributed by atoms with van der Waals surface area (Å²) >= 11 is 0.701. The first-order chi connectivity index (χ1) is 8.48. The Morgan fingerprint density at radius 1 is 1.28 bits per heavy atom. The average molecular weight is 276 g/mol. The zero-order chi connectivity index (χ0) is 12.9. The Labute approximate surface area is 107 Å². The summed E-state index contributed by atoms with van der Waals surface area (Å²) in [5.41, 5.74) is 6.12. The molecule has 1 aromatic rings. The molecule has 2 aliphatic rings. The normalized spacial score (nSPS) is 33.0. The maximum Gasteiger partial charge on any atom is 0.443 e. The highest BCUT2D eigenvalue weighted by Gasteiger charge is 2.54. The van der Waals surface area contributed by atoms with E-state index in [4.69, 9.17) is 5.73 Å². The van der Waals surface area contributed by atoms with Gasteiger partial charge in [-0.15, -0.1) is 11.3 Å². The van der Waals surface area contributed by atoms with Crippen LogP contribution in [0.3, 0.4) is 0 Å². The summed E-state index contributed by atoms with van der Waals surface area (Å²) in [5.74, 6) is 1.67. The summed E-state index contributed by atoms with van der Waals surface area (Å²) in [7, 11) is 0. The van der Waals surface area contributed by atoms with E-state index >= 15 is 0 Å². The lowest BCUT2D eigenvalue weighted by Crippen LogP contribution is -2.12. The van der Waals surface area contributed by atoms with Gasteiger partial charge in [-0.1, -0.05) is 12.8 Å². The fourth-order valence-corrected chi connectivity index (χ4v) is 4.18. The van der Waals surface area contributed by atoms with Crippen molar-refractivity contribution in [1.82, 2.24) is 4.98 Å². The van der Waals surface area contributed by atoms with Gasteiger partial charge < -0.3 is 5.73 Å². The van der Waals surface area contributed by atoms with Gasteiger partial charge in [-0.25, -0.2) is 4.98 Å². The molecular weight excluding hydrogens is 261 g/mol. The zero-order valence-corrected chi connectivity index (χ0v) is 10.6. The maximum atomic E-state index is 12.5. The molecule has 0 bridgehead atoms. The smallest absolute Gasteiger partial charge is 0.323 e. The van der Waals surface area contributed by atoms with Gasteiger partial charge in [-0.05, 0) is 30.6 Å². The number of hydrogen-bond donors (Lipinski definition) is 1. The van der Waals surface area contributed by atoms with Gasteiger partial charge >= 0.3 is 6.18 Å². The fourth-order valence-electron chi connectivity index (χ4n) is 3.34. The predicted molar refractivity (Wildman–Crippen MR) is 63.0 cm³/mol. The molecule has 0 saturated heterocycles. The van der Waals surface area contributed by atoms with Crippen LogP contribution in [0.25, 0.3) is 0 Å².